The van der Waals surface area contributed by atoms with Gasteiger partial charge in [-0.15, -0.1) is 0 Å². The van der Waals surface area contributed by atoms with Crippen molar-refractivity contribution in [1.29, 1.82) is 0 Å². The second-order valence-corrected chi connectivity index (χ2v) is 4.50. The minimum atomic E-state index is -0.188. The molecular formula is C13H24N2O3. The maximum atomic E-state index is 11.8. The quantitative estimate of drug-likeness (QED) is 0.544. The minimum absolute atomic E-state index is 0.188. The summed E-state index contributed by atoms with van der Waals surface area (Å²) in [4.78, 5) is 24.8. The molecule has 104 valence electrons. The van der Waals surface area contributed by atoms with Crippen molar-refractivity contribution < 1.29 is 14.3 Å². The zero-order valence-electron chi connectivity index (χ0n) is 11.2. The normalized spacial score (nSPS) is 15.5. The Balaban J connectivity index is 2.00. The Bertz CT molecular complexity index is 263. The summed E-state index contributed by atoms with van der Waals surface area (Å²) in [5, 5.41) is 3.10. The topological polar surface area (TPSA) is 58.6 Å². The first-order valence-electron chi connectivity index (χ1n) is 6.88. The van der Waals surface area contributed by atoms with Crippen LogP contribution in [0.25, 0.3) is 0 Å². The summed E-state index contributed by atoms with van der Waals surface area (Å²) in [5.74, 6) is 0.0330. The third-order valence-corrected chi connectivity index (χ3v) is 3.04. The zero-order valence-corrected chi connectivity index (χ0v) is 11.2. The molecule has 5 nitrogen and oxygen atoms in total. The van der Waals surface area contributed by atoms with Gasteiger partial charge in [-0.05, 0) is 26.2 Å². The van der Waals surface area contributed by atoms with Gasteiger partial charge in [-0.25, -0.2) is 0 Å². The van der Waals surface area contributed by atoms with Crippen molar-refractivity contribution >= 4 is 11.9 Å². The Hall–Kier alpha value is -1.10. The largest absolute Gasteiger partial charge is 0.466 e. The predicted octanol–water partition coefficient (Wildman–Crippen LogP) is 0.932. The van der Waals surface area contributed by atoms with E-state index < -0.39 is 0 Å². The molecule has 0 aromatic rings. The Labute approximate surface area is 109 Å². The molecule has 1 saturated heterocycles. The van der Waals surface area contributed by atoms with E-state index >= 15 is 0 Å². The molecule has 1 fully saturated rings. The van der Waals surface area contributed by atoms with Gasteiger partial charge >= 0.3 is 5.97 Å². The second kappa shape index (κ2) is 8.91. The van der Waals surface area contributed by atoms with Crippen LogP contribution in [0.15, 0.2) is 0 Å². The number of carbonyl (C=O) groups is 2. The highest BCUT2D eigenvalue weighted by molar-refractivity contribution is 5.76. The molecule has 5 heteroatoms. The number of likely N-dealkylation sites (tertiary alicyclic amines) is 1. The molecule has 0 radical (unpaired) electrons. The minimum Gasteiger partial charge on any atom is -0.466 e. The van der Waals surface area contributed by atoms with E-state index in [1.807, 2.05) is 4.90 Å². The predicted molar refractivity (Wildman–Crippen MR) is 69.2 cm³/mol. The van der Waals surface area contributed by atoms with E-state index in [4.69, 9.17) is 4.74 Å². The van der Waals surface area contributed by atoms with Crippen molar-refractivity contribution in [3.05, 3.63) is 0 Å². The smallest absolute Gasteiger partial charge is 0.307 e. The highest BCUT2D eigenvalue weighted by Crippen LogP contribution is 2.09. The van der Waals surface area contributed by atoms with Gasteiger partial charge in [-0.3, -0.25) is 9.59 Å². The number of hydrogen-bond acceptors (Lipinski definition) is 4. The van der Waals surface area contributed by atoms with Crippen molar-refractivity contribution in [2.75, 3.05) is 32.8 Å². The third kappa shape index (κ3) is 6.00. The van der Waals surface area contributed by atoms with E-state index in [0.29, 0.717) is 32.5 Å². The Morgan fingerprint density at radius 2 is 1.78 bits per heavy atom. The van der Waals surface area contributed by atoms with Crippen LogP contribution in [-0.2, 0) is 14.3 Å². The first-order chi connectivity index (χ1) is 8.74. The van der Waals surface area contributed by atoms with Crippen LogP contribution in [0.1, 0.15) is 39.0 Å². The third-order valence-electron chi connectivity index (χ3n) is 3.04. The molecule has 1 rings (SSSR count). The molecule has 0 aliphatic carbocycles. The molecule has 1 amide bonds. The lowest BCUT2D eigenvalue weighted by molar-refractivity contribution is -0.142. The summed E-state index contributed by atoms with van der Waals surface area (Å²) >= 11 is 0. The number of nitrogens with one attached hydrogen (secondary N) is 1. The molecule has 1 aliphatic heterocycles. The second-order valence-electron chi connectivity index (χ2n) is 4.50. The molecular weight excluding hydrogens is 232 g/mol. The zero-order chi connectivity index (χ0) is 13.2. The van der Waals surface area contributed by atoms with E-state index in [-0.39, 0.29) is 11.9 Å². The number of hydrogen-bond donors (Lipinski definition) is 1. The maximum absolute atomic E-state index is 11.8. The van der Waals surface area contributed by atoms with Crippen molar-refractivity contribution in [2.24, 2.45) is 0 Å². The van der Waals surface area contributed by atoms with Gasteiger partial charge < -0.3 is 15.0 Å². The fourth-order valence-corrected chi connectivity index (χ4v) is 2.05. The average Bonchev–Trinajstić information content (AvgIpc) is 2.39. The van der Waals surface area contributed by atoms with Gasteiger partial charge in [0.1, 0.15) is 0 Å². The molecule has 1 heterocycles. The number of carbonyl (C=O) groups excluding carboxylic acids is 2. The van der Waals surface area contributed by atoms with E-state index in [1.165, 1.54) is 6.42 Å². The first kappa shape index (κ1) is 15.0. The number of piperidine rings is 1. The molecule has 1 N–H and O–H groups in total. The fourth-order valence-electron chi connectivity index (χ4n) is 2.05. The monoisotopic (exact) mass is 256 g/mol. The number of esters is 1. The highest BCUT2D eigenvalue weighted by Gasteiger charge is 2.15. The summed E-state index contributed by atoms with van der Waals surface area (Å²) in [7, 11) is 0. The van der Waals surface area contributed by atoms with Crippen LogP contribution in [0, 0.1) is 0 Å². The van der Waals surface area contributed by atoms with Gasteiger partial charge in [0.2, 0.25) is 5.91 Å². The Morgan fingerprint density at radius 1 is 1.11 bits per heavy atom. The molecule has 0 unspecified atom stereocenters. The molecule has 0 spiro atoms. The highest BCUT2D eigenvalue weighted by atomic mass is 16.5. The summed E-state index contributed by atoms with van der Waals surface area (Å²) in [6.45, 7) is 5.24. The maximum Gasteiger partial charge on any atom is 0.307 e. The molecule has 0 aromatic carbocycles. The van der Waals surface area contributed by atoms with Crippen molar-refractivity contribution in [3.8, 4) is 0 Å². The van der Waals surface area contributed by atoms with Crippen LogP contribution in [0.5, 0.6) is 0 Å². The van der Waals surface area contributed by atoms with E-state index in [0.717, 1.165) is 25.9 Å². The number of nitrogens with zero attached hydrogens (tertiary/aromatic N) is 1. The number of amides is 1. The van der Waals surface area contributed by atoms with Crippen molar-refractivity contribution in [1.82, 2.24) is 10.2 Å². The Kier molecular flexibility index (Phi) is 7.41. The molecule has 0 saturated carbocycles. The summed E-state index contributed by atoms with van der Waals surface area (Å²) in [5.41, 5.74) is 0. The summed E-state index contributed by atoms with van der Waals surface area (Å²) in [6, 6.07) is 0. The average molecular weight is 256 g/mol. The number of ether oxygens (including phenoxy) is 1. The lowest BCUT2D eigenvalue weighted by atomic mass is 10.1. The van der Waals surface area contributed by atoms with Crippen molar-refractivity contribution in [2.45, 2.75) is 39.0 Å². The van der Waals surface area contributed by atoms with Crippen LogP contribution < -0.4 is 5.32 Å². The summed E-state index contributed by atoms with van der Waals surface area (Å²) < 4.78 is 4.81. The lowest BCUT2D eigenvalue weighted by Gasteiger charge is -2.26. The van der Waals surface area contributed by atoms with Crippen LogP contribution in [0.2, 0.25) is 0 Å². The SMILES string of the molecule is CCOC(=O)CCNCCC(=O)N1CCCCC1. The standard InChI is InChI=1S/C13H24N2O3/c1-2-18-13(17)7-9-14-8-6-12(16)15-10-4-3-5-11-15/h14H,2-11H2,1H3. The van der Waals surface area contributed by atoms with Crippen LogP contribution >= 0.6 is 0 Å². The van der Waals surface area contributed by atoms with Gasteiger partial charge in [0, 0.05) is 32.6 Å². The molecule has 0 atom stereocenters. The fraction of sp³-hybridized carbons (Fsp3) is 0.846. The van der Waals surface area contributed by atoms with Gasteiger partial charge in [0.25, 0.3) is 0 Å². The molecule has 18 heavy (non-hydrogen) atoms. The molecule has 0 aromatic heterocycles. The number of rotatable bonds is 7. The van der Waals surface area contributed by atoms with E-state index in [9.17, 15) is 9.59 Å². The Morgan fingerprint density at radius 3 is 2.44 bits per heavy atom. The van der Waals surface area contributed by atoms with Crippen LogP contribution in [0.3, 0.4) is 0 Å². The van der Waals surface area contributed by atoms with Gasteiger partial charge in [-0.2, -0.15) is 0 Å². The van der Waals surface area contributed by atoms with Gasteiger partial charge in [0.15, 0.2) is 0 Å². The summed E-state index contributed by atoms with van der Waals surface area (Å²) in [6.07, 6.45) is 4.38. The van der Waals surface area contributed by atoms with Crippen LogP contribution in [-0.4, -0.2) is 49.6 Å². The van der Waals surface area contributed by atoms with Crippen molar-refractivity contribution in [3.63, 3.8) is 0 Å². The van der Waals surface area contributed by atoms with Gasteiger partial charge in [-0.1, -0.05) is 0 Å². The van der Waals surface area contributed by atoms with E-state index in [1.54, 1.807) is 6.92 Å². The molecule has 1 aliphatic rings. The lowest BCUT2D eigenvalue weighted by Crippen LogP contribution is -2.37. The van der Waals surface area contributed by atoms with Crippen LogP contribution in [0.4, 0.5) is 0 Å². The van der Waals surface area contributed by atoms with E-state index in [2.05, 4.69) is 5.32 Å². The first-order valence-corrected chi connectivity index (χ1v) is 6.88. The molecule has 0 bridgehead atoms. The van der Waals surface area contributed by atoms with Gasteiger partial charge in [0.05, 0.1) is 13.0 Å².